The van der Waals surface area contributed by atoms with Gasteiger partial charge in [-0.1, -0.05) is 30.3 Å². The Labute approximate surface area is 116 Å². The number of methoxy groups -OCH3 is 1. The van der Waals surface area contributed by atoms with E-state index in [1.807, 2.05) is 30.3 Å². The lowest BCUT2D eigenvalue weighted by molar-refractivity contribution is 0.0683. The standard InChI is InChI=1S/C15H15NO4/c1-19-13-8-7-12(16-14(13)15(17)18)10-20-9-11-5-3-2-4-6-11/h2-8H,9-10H2,1H3,(H,17,18). The lowest BCUT2D eigenvalue weighted by Crippen LogP contribution is -2.07. The van der Waals surface area contributed by atoms with Gasteiger partial charge in [0, 0.05) is 0 Å². The Balaban J connectivity index is 1.99. The molecule has 0 atom stereocenters. The zero-order chi connectivity index (χ0) is 14.4. The summed E-state index contributed by atoms with van der Waals surface area (Å²) in [5.74, 6) is -0.879. The Morgan fingerprint density at radius 2 is 1.90 bits per heavy atom. The Bertz CT molecular complexity index is 584. The van der Waals surface area contributed by atoms with Crippen LogP contribution in [0.15, 0.2) is 42.5 Å². The van der Waals surface area contributed by atoms with Crippen molar-refractivity contribution in [1.82, 2.24) is 4.98 Å². The largest absolute Gasteiger partial charge is 0.494 e. The molecule has 0 bridgehead atoms. The molecule has 0 radical (unpaired) electrons. The Kier molecular flexibility index (Phi) is 4.68. The number of ether oxygens (including phenoxy) is 2. The first-order valence-corrected chi connectivity index (χ1v) is 6.09. The van der Waals surface area contributed by atoms with Gasteiger partial charge in [0.25, 0.3) is 0 Å². The van der Waals surface area contributed by atoms with E-state index in [9.17, 15) is 4.79 Å². The fourth-order valence-corrected chi connectivity index (χ4v) is 1.73. The van der Waals surface area contributed by atoms with Crippen LogP contribution in [0.2, 0.25) is 0 Å². The van der Waals surface area contributed by atoms with Gasteiger partial charge in [-0.15, -0.1) is 0 Å². The van der Waals surface area contributed by atoms with Crippen molar-refractivity contribution in [3.05, 3.63) is 59.4 Å². The average Bonchev–Trinajstić information content (AvgIpc) is 2.48. The normalized spacial score (nSPS) is 10.2. The number of benzene rings is 1. The van der Waals surface area contributed by atoms with Crippen LogP contribution in [0.3, 0.4) is 0 Å². The minimum Gasteiger partial charge on any atom is -0.494 e. The van der Waals surface area contributed by atoms with Gasteiger partial charge >= 0.3 is 5.97 Å². The molecule has 104 valence electrons. The second kappa shape index (κ2) is 6.68. The number of carbonyl (C=O) groups is 1. The third-order valence-corrected chi connectivity index (χ3v) is 2.70. The summed E-state index contributed by atoms with van der Waals surface area (Å²) in [6.07, 6.45) is 0. The van der Waals surface area contributed by atoms with Gasteiger partial charge in [-0.25, -0.2) is 9.78 Å². The Morgan fingerprint density at radius 3 is 2.55 bits per heavy atom. The maximum absolute atomic E-state index is 11.0. The van der Waals surface area contributed by atoms with Crippen LogP contribution >= 0.6 is 0 Å². The van der Waals surface area contributed by atoms with Crippen LogP contribution in [0.1, 0.15) is 21.7 Å². The van der Waals surface area contributed by atoms with E-state index in [4.69, 9.17) is 14.6 Å². The number of rotatable bonds is 6. The number of carboxylic acid groups (broad SMARTS) is 1. The summed E-state index contributed by atoms with van der Waals surface area (Å²) in [5, 5.41) is 9.04. The molecule has 0 fully saturated rings. The number of carboxylic acids is 1. The van der Waals surface area contributed by atoms with E-state index in [-0.39, 0.29) is 18.1 Å². The van der Waals surface area contributed by atoms with Crippen LogP contribution in [0.5, 0.6) is 5.75 Å². The zero-order valence-electron chi connectivity index (χ0n) is 11.1. The molecule has 5 nitrogen and oxygen atoms in total. The smallest absolute Gasteiger partial charge is 0.358 e. The van der Waals surface area contributed by atoms with E-state index in [2.05, 4.69) is 4.98 Å². The lowest BCUT2D eigenvalue weighted by Gasteiger charge is -2.07. The maximum Gasteiger partial charge on any atom is 0.358 e. The fourth-order valence-electron chi connectivity index (χ4n) is 1.73. The van der Waals surface area contributed by atoms with Gasteiger partial charge in [0.05, 0.1) is 26.0 Å². The SMILES string of the molecule is COc1ccc(COCc2ccccc2)nc1C(=O)O. The third kappa shape index (κ3) is 3.55. The zero-order valence-corrected chi connectivity index (χ0v) is 11.1. The molecule has 5 heteroatoms. The fraction of sp³-hybridized carbons (Fsp3) is 0.200. The van der Waals surface area contributed by atoms with Gasteiger partial charge in [-0.3, -0.25) is 0 Å². The summed E-state index contributed by atoms with van der Waals surface area (Å²) in [4.78, 5) is 15.1. The van der Waals surface area contributed by atoms with Crippen LogP contribution < -0.4 is 4.74 Å². The first kappa shape index (κ1) is 14.0. The molecule has 20 heavy (non-hydrogen) atoms. The van der Waals surface area contributed by atoms with Crippen LogP contribution in [-0.4, -0.2) is 23.2 Å². The van der Waals surface area contributed by atoms with Crippen molar-refractivity contribution in [3.8, 4) is 5.75 Å². The van der Waals surface area contributed by atoms with Gasteiger partial charge in [-0.05, 0) is 17.7 Å². The molecule has 0 unspecified atom stereocenters. The minimum atomic E-state index is -1.12. The quantitative estimate of drug-likeness (QED) is 0.875. The number of pyridine rings is 1. The Hall–Kier alpha value is -2.40. The highest BCUT2D eigenvalue weighted by atomic mass is 16.5. The topological polar surface area (TPSA) is 68.7 Å². The number of hydrogen-bond donors (Lipinski definition) is 1. The summed E-state index contributed by atoms with van der Waals surface area (Å²) in [7, 11) is 1.41. The highest BCUT2D eigenvalue weighted by molar-refractivity contribution is 5.88. The number of hydrogen-bond acceptors (Lipinski definition) is 4. The van der Waals surface area contributed by atoms with E-state index in [0.717, 1.165) is 5.56 Å². The highest BCUT2D eigenvalue weighted by Gasteiger charge is 2.13. The van der Waals surface area contributed by atoms with Gasteiger partial charge in [0.15, 0.2) is 11.4 Å². The van der Waals surface area contributed by atoms with Crippen molar-refractivity contribution < 1.29 is 19.4 Å². The number of nitrogens with zero attached hydrogens (tertiary/aromatic N) is 1. The monoisotopic (exact) mass is 273 g/mol. The lowest BCUT2D eigenvalue weighted by atomic mass is 10.2. The van der Waals surface area contributed by atoms with E-state index in [1.54, 1.807) is 12.1 Å². The number of aromatic nitrogens is 1. The van der Waals surface area contributed by atoms with Crippen molar-refractivity contribution >= 4 is 5.97 Å². The molecule has 1 aromatic heterocycles. The summed E-state index contributed by atoms with van der Waals surface area (Å²) >= 11 is 0. The molecule has 0 amide bonds. The van der Waals surface area contributed by atoms with Crippen molar-refractivity contribution in [2.24, 2.45) is 0 Å². The van der Waals surface area contributed by atoms with Gasteiger partial charge in [0.2, 0.25) is 0 Å². The summed E-state index contributed by atoms with van der Waals surface area (Å²) in [6.45, 7) is 0.704. The minimum absolute atomic E-state index is 0.103. The molecule has 0 aliphatic rings. The molecule has 1 N–H and O–H groups in total. The molecular weight excluding hydrogens is 258 g/mol. The second-order valence-corrected chi connectivity index (χ2v) is 4.14. The number of aromatic carboxylic acids is 1. The second-order valence-electron chi connectivity index (χ2n) is 4.14. The molecule has 0 saturated carbocycles. The predicted octanol–water partition coefficient (Wildman–Crippen LogP) is 2.51. The van der Waals surface area contributed by atoms with Gasteiger partial charge < -0.3 is 14.6 Å². The molecule has 0 saturated heterocycles. The highest BCUT2D eigenvalue weighted by Crippen LogP contribution is 2.17. The van der Waals surface area contributed by atoms with E-state index in [1.165, 1.54) is 7.11 Å². The average molecular weight is 273 g/mol. The molecule has 0 aliphatic heterocycles. The maximum atomic E-state index is 11.0. The van der Waals surface area contributed by atoms with Crippen molar-refractivity contribution in [3.63, 3.8) is 0 Å². The first-order chi connectivity index (χ1) is 9.70. The molecule has 2 rings (SSSR count). The van der Waals surface area contributed by atoms with E-state index < -0.39 is 5.97 Å². The third-order valence-electron chi connectivity index (χ3n) is 2.70. The van der Waals surface area contributed by atoms with Crippen LogP contribution in [0.4, 0.5) is 0 Å². The summed E-state index contributed by atoms with van der Waals surface area (Å²) in [5.41, 5.74) is 1.51. The van der Waals surface area contributed by atoms with E-state index in [0.29, 0.717) is 12.3 Å². The van der Waals surface area contributed by atoms with E-state index >= 15 is 0 Å². The molecule has 0 aliphatic carbocycles. The van der Waals surface area contributed by atoms with Gasteiger partial charge in [0.1, 0.15) is 0 Å². The Morgan fingerprint density at radius 1 is 1.15 bits per heavy atom. The molecule has 2 aromatic rings. The predicted molar refractivity (Wildman–Crippen MR) is 72.7 cm³/mol. The van der Waals surface area contributed by atoms with Crippen LogP contribution in [0, 0.1) is 0 Å². The van der Waals surface area contributed by atoms with Gasteiger partial charge in [-0.2, -0.15) is 0 Å². The van der Waals surface area contributed by atoms with Crippen LogP contribution in [-0.2, 0) is 18.0 Å². The molecular formula is C15H15NO4. The first-order valence-electron chi connectivity index (χ1n) is 6.09. The molecule has 1 aromatic carbocycles. The summed E-state index contributed by atoms with van der Waals surface area (Å²) in [6, 6.07) is 13.0. The van der Waals surface area contributed by atoms with Crippen LogP contribution in [0.25, 0.3) is 0 Å². The van der Waals surface area contributed by atoms with Crippen molar-refractivity contribution in [2.75, 3.05) is 7.11 Å². The summed E-state index contributed by atoms with van der Waals surface area (Å²) < 4.78 is 10.5. The van der Waals surface area contributed by atoms with Crippen molar-refractivity contribution in [1.29, 1.82) is 0 Å². The molecule has 1 heterocycles. The molecule has 0 spiro atoms. The van der Waals surface area contributed by atoms with Crippen molar-refractivity contribution in [2.45, 2.75) is 13.2 Å².